The van der Waals surface area contributed by atoms with E-state index < -0.39 is 8.64 Å². The molecule has 0 saturated heterocycles. The maximum atomic E-state index is 12.2. The molecule has 0 aliphatic carbocycles. The van der Waals surface area contributed by atoms with Crippen LogP contribution in [0.25, 0.3) is 0 Å². The number of hydrogen-bond donors (Lipinski definition) is 2. The zero-order valence-corrected chi connectivity index (χ0v) is 13.5. The van der Waals surface area contributed by atoms with Crippen LogP contribution in [0, 0.1) is 0 Å². The molecule has 0 radical (unpaired) electrons. The average molecular weight is 314 g/mol. The summed E-state index contributed by atoms with van der Waals surface area (Å²) in [6.07, 6.45) is 0. The molecule has 114 valence electrons. The van der Waals surface area contributed by atoms with Crippen LogP contribution in [0.3, 0.4) is 0 Å². The molecule has 2 aromatic rings. The maximum absolute atomic E-state index is 12.2. The van der Waals surface area contributed by atoms with E-state index in [0.29, 0.717) is 11.1 Å². The minimum absolute atomic E-state index is 0.273. The quantitative estimate of drug-likeness (QED) is 0.830. The van der Waals surface area contributed by atoms with Crippen molar-refractivity contribution in [1.29, 1.82) is 0 Å². The second kappa shape index (κ2) is 7.01. The van der Waals surface area contributed by atoms with Crippen LogP contribution >= 0.6 is 0 Å². The van der Waals surface area contributed by atoms with Crippen LogP contribution in [0.2, 0.25) is 6.55 Å². The van der Waals surface area contributed by atoms with Gasteiger partial charge in [-0.1, -0.05) is 36.4 Å². The van der Waals surface area contributed by atoms with Gasteiger partial charge in [0.1, 0.15) is 0 Å². The topological polar surface area (TPSA) is 67.4 Å². The van der Waals surface area contributed by atoms with Crippen molar-refractivity contribution < 1.29 is 14.0 Å². The summed E-state index contributed by atoms with van der Waals surface area (Å²) in [6, 6.07) is 17.6. The highest BCUT2D eigenvalue weighted by Gasteiger charge is 2.34. The minimum Gasteiger partial charge on any atom is -0.387 e. The smallest absolute Gasteiger partial charge is 0.387 e. The molecule has 0 aliphatic heterocycles. The number of nitrogens with one attached hydrogen (secondary N) is 2. The summed E-state index contributed by atoms with van der Waals surface area (Å²) in [4.78, 5) is 30.1. The zero-order chi connectivity index (χ0) is 16.0. The van der Waals surface area contributed by atoms with Gasteiger partial charge in [0.2, 0.25) is 11.8 Å². The molecule has 0 saturated carbocycles. The first-order chi connectivity index (χ1) is 10.5. The summed E-state index contributed by atoms with van der Waals surface area (Å²) >= 11 is 0. The Morgan fingerprint density at radius 3 is 1.50 bits per heavy atom. The fraction of sp³-hybridized carbons (Fsp3) is 0.125. The monoisotopic (exact) mass is 314 g/mol. The fourth-order valence-electron chi connectivity index (χ4n) is 1.89. The first-order valence-electron chi connectivity index (χ1n) is 6.84. The third-order valence-corrected chi connectivity index (χ3v) is 5.41. The zero-order valence-electron chi connectivity index (χ0n) is 12.5. The van der Waals surface area contributed by atoms with E-state index in [1.807, 2.05) is 12.1 Å². The average Bonchev–Trinajstić information content (AvgIpc) is 2.56. The van der Waals surface area contributed by atoms with Crippen LogP contribution in [0.5, 0.6) is 0 Å². The summed E-state index contributed by atoms with van der Waals surface area (Å²) in [5, 5.41) is 0. The summed E-state index contributed by atoms with van der Waals surface area (Å²) in [5.74, 6) is -0.546. The minimum atomic E-state index is -2.91. The van der Waals surface area contributed by atoms with Crippen LogP contribution in [-0.2, 0) is 4.43 Å². The van der Waals surface area contributed by atoms with E-state index in [2.05, 4.69) is 9.96 Å². The van der Waals surface area contributed by atoms with Crippen molar-refractivity contribution in [2.75, 3.05) is 7.11 Å². The maximum Gasteiger partial charge on any atom is 0.415 e. The third-order valence-electron chi connectivity index (χ3n) is 3.18. The van der Waals surface area contributed by atoms with Crippen LogP contribution in [-0.4, -0.2) is 27.6 Å². The predicted molar refractivity (Wildman–Crippen MR) is 86.4 cm³/mol. The number of carbonyl (C=O) groups is 2. The Labute approximate surface area is 130 Å². The molecule has 0 spiro atoms. The molecule has 0 bridgehead atoms. The van der Waals surface area contributed by atoms with Gasteiger partial charge in [0, 0.05) is 18.2 Å². The first kappa shape index (κ1) is 15.9. The molecule has 0 fully saturated rings. The molecule has 5 nitrogen and oxygen atoms in total. The second-order valence-electron chi connectivity index (χ2n) is 4.88. The lowest BCUT2D eigenvalue weighted by Crippen LogP contribution is -2.65. The van der Waals surface area contributed by atoms with Crippen LogP contribution in [0.1, 0.15) is 20.7 Å². The molecule has 0 unspecified atom stereocenters. The van der Waals surface area contributed by atoms with Crippen molar-refractivity contribution >= 4 is 20.5 Å². The molecule has 0 aromatic heterocycles. The summed E-state index contributed by atoms with van der Waals surface area (Å²) < 4.78 is 5.40. The SMILES string of the molecule is CO[Si](C)(NC(=O)c1ccccc1)NC(=O)c1ccccc1. The van der Waals surface area contributed by atoms with Crippen molar-refractivity contribution in [3.05, 3.63) is 71.8 Å². The van der Waals surface area contributed by atoms with Crippen LogP contribution in [0.15, 0.2) is 60.7 Å². The Morgan fingerprint density at radius 2 is 1.18 bits per heavy atom. The number of amides is 2. The summed E-state index contributed by atoms with van der Waals surface area (Å²) in [7, 11) is -1.44. The normalized spacial score (nSPS) is 10.8. The summed E-state index contributed by atoms with van der Waals surface area (Å²) in [6.45, 7) is 1.72. The number of benzene rings is 2. The largest absolute Gasteiger partial charge is 0.415 e. The third kappa shape index (κ3) is 4.03. The summed E-state index contributed by atoms with van der Waals surface area (Å²) in [5.41, 5.74) is 1.04. The second-order valence-corrected chi connectivity index (χ2v) is 7.85. The Hall–Kier alpha value is -2.44. The van der Waals surface area contributed by atoms with Crippen molar-refractivity contribution in [2.45, 2.75) is 6.55 Å². The van der Waals surface area contributed by atoms with E-state index in [1.54, 1.807) is 55.1 Å². The van der Waals surface area contributed by atoms with Gasteiger partial charge < -0.3 is 14.4 Å². The highest BCUT2D eigenvalue weighted by Crippen LogP contribution is 2.04. The Bertz CT molecular complexity index is 593. The van der Waals surface area contributed by atoms with Crippen molar-refractivity contribution in [1.82, 2.24) is 9.96 Å². The lowest BCUT2D eigenvalue weighted by molar-refractivity contribution is 0.0953. The van der Waals surface area contributed by atoms with E-state index in [0.717, 1.165) is 0 Å². The van der Waals surface area contributed by atoms with Gasteiger partial charge in [0.15, 0.2) is 0 Å². The lowest BCUT2D eigenvalue weighted by atomic mass is 10.2. The van der Waals surface area contributed by atoms with Crippen molar-refractivity contribution in [3.8, 4) is 0 Å². The molecule has 2 N–H and O–H groups in total. The van der Waals surface area contributed by atoms with Crippen LogP contribution in [0.4, 0.5) is 0 Å². The van der Waals surface area contributed by atoms with Gasteiger partial charge in [0.25, 0.3) is 0 Å². The molecule has 2 aromatic carbocycles. The van der Waals surface area contributed by atoms with Gasteiger partial charge in [-0.3, -0.25) is 9.59 Å². The molecular weight excluding hydrogens is 296 g/mol. The Balaban J connectivity index is 2.09. The van der Waals surface area contributed by atoms with Gasteiger partial charge >= 0.3 is 8.64 Å². The predicted octanol–water partition coefficient (Wildman–Crippen LogP) is 2.06. The number of hydrogen-bond acceptors (Lipinski definition) is 3. The highest BCUT2D eigenvalue weighted by atomic mass is 28.4. The van der Waals surface area contributed by atoms with Gasteiger partial charge in [-0.25, -0.2) is 0 Å². The van der Waals surface area contributed by atoms with Gasteiger partial charge in [-0.15, -0.1) is 0 Å². The molecule has 22 heavy (non-hydrogen) atoms. The Morgan fingerprint density at radius 1 is 0.818 bits per heavy atom. The molecule has 2 amide bonds. The van der Waals surface area contributed by atoms with Gasteiger partial charge in [-0.2, -0.15) is 0 Å². The highest BCUT2D eigenvalue weighted by molar-refractivity contribution is 6.72. The van der Waals surface area contributed by atoms with Gasteiger partial charge in [0.05, 0.1) is 0 Å². The fourth-order valence-corrected chi connectivity index (χ4v) is 3.31. The van der Waals surface area contributed by atoms with Crippen LogP contribution < -0.4 is 9.96 Å². The van der Waals surface area contributed by atoms with E-state index >= 15 is 0 Å². The molecule has 0 heterocycles. The number of carbonyl (C=O) groups excluding carboxylic acids is 2. The van der Waals surface area contributed by atoms with Crippen molar-refractivity contribution in [2.24, 2.45) is 0 Å². The molecule has 2 rings (SSSR count). The first-order valence-corrected chi connectivity index (χ1v) is 9.25. The standard InChI is InChI=1S/C16H18N2O3Si/c1-21-22(2,17-15(19)13-9-5-3-6-10-13)18-16(20)14-11-7-4-8-12-14/h3-12H,1-2H3,(H,17,19)(H,18,20). The molecule has 6 heteroatoms. The van der Waals surface area contributed by atoms with E-state index in [4.69, 9.17) is 4.43 Å². The number of rotatable bonds is 5. The Kier molecular flexibility index (Phi) is 5.08. The molecule has 0 aliphatic rings. The lowest BCUT2D eigenvalue weighted by Gasteiger charge is -2.26. The molecular formula is C16H18N2O3Si. The van der Waals surface area contributed by atoms with E-state index in [1.165, 1.54) is 7.11 Å². The van der Waals surface area contributed by atoms with Crippen molar-refractivity contribution in [3.63, 3.8) is 0 Å². The van der Waals surface area contributed by atoms with E-state index in [-0.39, 0.29) is 11.8 Å². The molecule has 0 atom stereocenters. The van der Waals surface area contributed by atoms with E-state index in [9.17, 15) is 9.59 Å². The van der Waals surface area contributed by atoms with Gasteiger partial charge in [-0.05, 0) is 30.8 Å².